The van der Waals surface area contributed by atoms with E-state index >= 15 is 0 Å². The Morgan fingerprint density at radius 3 is 2.60 bits per heavy atom. The van der Waals surface area contributed by atoms with Gasteiger partial charge in [-0.1, -0.05) is 30.2 Å². The van der Waals surface area contributed by atoms with Crippen molar-refractivity contribution in [1.29, 1.82) is 0 Å². The maximum absolute atomic E-state index is 6.00. The lowest BCUT2D eigenvalue weighted by atomic mass is 10.1. The first-order valence-electron chi connectivity index (χ1n) is 5.46. The summed E-state index contributed by atoms with van der Waals surface area (Å²) >= 11 is 6.00. The summed E-state index contributed by atoms with van der Waals surface area (Å²) in [7, 11) is 0. The molecule has 0 unspecified atom stereocenters. The summed E-state index contributed by atoms with van der Waals surface area (Å²) in [6, 6.07) is 7.62. The smallest absolute Gasteiger partial charge is 0.142 e. The van der Waals surface area contributed by atoms with E-state index in [1.54, 1.807) is 0 Å². The van der Waals surface area contributed by atoms with Crippen LogP contribution in [0.2, 0.25) is 5.02 Å². The van der Waals surface area contributed by atoms with Crippen LogP contribution < -0.4 is 4.74 Å². The molecule has 0 N–H and O–H groups in total. The highest BCUT2D eigenvalue weighted by molar-refractivity contribution is 6.32. The topological polar surface area (TPSA) is 12.5 Å². The first kappa shape index (κ1) is 10.8. The molecule has 1 heterocycles. The SMILES string of the molecule is Clc1ccccc1OCN1CCCCC1. The van der Waals surface area contributed by atoms with Gasteiger partial charge in [0.25, 0.3) is 0 Å². The predicted molar refractivity (Wildman–Crippen MR) is 62.4 cm³/mol. The van der Waals surface area contributed by atoms with E-state index in [0.717, 1.165) is 18.8 Å². The van der Waals surface area contributed by atoms with Gasteiger partial charge < -0.3 is 4.74 Å². The maximum atomic E-state index is 6.00. The molecule has 0 amide bonds. The summed E-state index contributed by atoms with van der Waals surface area (Å²) in [6.45, 7) is 2.94. The van der Waals surface area contributed by atoms with Crippen molar-refractivity contribution in [2.24, 2.45) is 0 Å². The minimum absolute atomic E-state index is 0.656. The molecule has 0 radical (unpaired) electrons. The Morgan fingerprint density at radius 2 is 1.87 bits per heavy atom. The summed E-state index contributed by atoms with van der Waals surface area (Å²) in [5.74, 6) is 0.782. The monoisotopic (exact) mass is 225 g/mol. The second-order valence-corrected chi connectivity index (χ2v) is 4.29. The number of rotatable bonds is 3. The average molecular weight is 226 g/mol. The number of para-hydroxylation sites is 1. The Morgan fingerprint density at radius 1 is 1.13 bits per heavy atom. The van der Waals surface area contributed by atoms with Crippen LogP contribution in [0.5, 0.6) is 5.75 Å². The molecule has 0 saturated carbocycles. The first-order valence-corrected chi connectivity index (χ1v) is 5.84. The van der Waals surface area contributed by atoms with E-state index in [1.165, 1.54) is 19.3 Å². The fraction of sp³-hybridized carbons (Fsp3) is 0.500. The van der Waals surface area contributed by atoms with Gasteiger partial charge in [-0.2, -0.15) is 0 Å². The van der Waals surface area contributed by atoms with Crippen LogP contribution in [0.3, 0.4) is 0 Å². The maximum Gasteiger partial charge on any atom is 0.142 e. The van der Waals surface area contributed by atoms with Gasteiger partial charge in [0, 0.05) is 13.1 Å². The molecular weight excluding hydrogens is 210 g/mol. The quantitative estimate of drug-likeness (QED) is 0.784. The molecule has 0 spiro atoms. The number of hydrogen-bond donors (Lipinski definition) is 0. The molecule has 1 aliphatic rings. The van der Waals surface area contributed by atoms with Crippen molar-refractivity contribution in [2.45, 2.75) is 19.3 Å². The molecule has 0 bridgehead atoms. The van der Waals surface area contributed by atoms with Crippen LogP contribution in [-0.2, 0) is 0 Å². The van der Waals surface area contributed by atoms with E-state index < -0.39 is 0 Å². The molecule has 1 fully saturated rings. The molecule has 82 valence electrons. The van der Waals surface area contributed by atoms with Gasteiger partial charge in [0.15, 0.2) is 0 Å². The molecule has 2 nitrogen and oxygen atoms in total. The van der Waals surface area contributed by atoms with Gasteiger partial charge in [0.1, 0.15) is 12.5 Å². The normalized spacial score (nSPS) is 17.7. The Kier molecular flexibility index (Phi) is 3.87. The number of ether oxygens (including phenoxy) is 1. The zero-order chi connectivity index (χ0) is 10.5. The highest BCUT2D eigenvalue weighted by Crippen LogP contribution is 2.23. The Bertz CT molecular complexity index is 310. The molecule has 0 aliphatic carbocycles. The highest BCUT2D eigenvalue weighted by Gasteiger charge is 2.10. The lowest BCUT2D eigenvalue weighted by Crippen LogP contribution is -2.33. The molecule has 1 aliphatic heterocycles. The first-order chi connectivity index (χ1) is 7.36. The summed E-state index contributed by atoms with van der Waals surface area (Å²) in [5, 5.41) is 0.689. The summed E-state index contributed by atoms with van der Waals surface area (Å²) < 4.78 is 5.67. The van der Waals surface area contributed by atoms with Gasteiger partial charge in [0.2, 0.25) is 0 Å². The van der Waals surface area contributed by atoms with Crippen molar-refractivity contribution in [3.63, 3.8) is 0 Å². The van der Waals surface area contributed by atoms with Crippen LogP contribution in [0.15, 0.2) is 24.3 Å². The lowest BCUT2D eigenvalue weighted by molar-refractivity contribution is 0.106. The molecule has 0 aromatic heterocycles. The molecule has 1 aromatic rings. The van der Waals surface area contributed by atoms with Crippen molar-refractivity contribution < 1.29 is 4.74 Å². The standard InChI is InChI=1S/C12H16ClNO/c13-11-6-2-3-7-12(11)15-10-14-8-4-1-5-9-14/h2-3,6-7H,1,4-5,8-10H2. The number of likely N-dealkylation sites (tertiary alicyclic amines) is 1. The number of piperidine rings is 1. The number of benzene rings is 1. The van der Waals surface area contributed by atoms with Gasteiger partial charge in [0.05, 0.1) is 5.02 Å². The molecular formula is C12H16ClNO. The Hall–Kier alpha value is -0.730. The summed E-state index contributed by atoms with van der Waals surface area (Å²) in [4.78, 5) is 2.33. The third kappa shape index (κ3) is 3.11. The second kappa shape index (κ2) is 5.38. The van der Waals surface area contributed by atoms with E-state index in [1.807, 2.05) is 24.3 Å². The Balaban J connectivity index is 1.84. The van der Waals surface area contributed by atoms with E-state index in [0.29, 0.717) is 11.8 Å². The fourth-order valence-corrected chi connectivity index (χ4v) is 2.00. The Labute approximate surface area is 95.8 Å². The second-order valence-electron chi connectivity index (χ2n) is 3.88. The van der Waals surface area contributed by atoms with Crippen molar-refractivity contribution in [3.8, 4) is 5.75 Å². The van der Waals surface area contributed by atoms with Crippen molar-refractivity contribution >= 4 is 11.6 Å². The number of hydrogen-bond acceptors (Lipinski definition) is 2. The molecule has 15 heavy (non-hydrogen) atoms. The van der Waals surface area contributed by atoms with Crippen LogP contribution in [-0.4, -0.2) is 24.7 Å². The molecule has 3 heteroatoms. The third-order valence-electron chi connectivity index (χ3n) is 2.69. The zero-order valence-corrected chi connectivity index (χ0v) is 9.54. The summed E-state index contributed by atoms with van der Waals surface area (Å²) in [5.41, 5.74) is 0. The zero-order valence-electron chi connectivity index (χ0n) is 8.79. The minimum Gasteiger partial charge on any atom is -0.477 e. The van der Waals surface area contributed by atoms with Crippen LogP contribution in [0.25, 0.3) is 0 Å². The fourth-order valence-electron chi connectivity index (χ4n) is 1.81. The van der Waals surface area contributed by atoms with Crippen molar-refractivity contribution in [1.82, 2.24) is 4.90 Å². The van der Waals surface area contributed by atoms with Crippen molar-refractivity contribution in [2.75, 3.05) is 19.8 Å². The molecule has 1 saturated heterocycles. The largest absolute Gasteiger partial charge is 0.477 e. The van der Waals surface area contributed by atoms with Crippen LogP contribution in [0.4, 0.5) is 0 Å². The van der Waals surface area contributed by atoms with Crippen molar-refractivity contribution in [3.05, 3.63) is 29.3 Å². The van der Waals surface area contributed by atoms with Gasteiger partial charge in [-0.05, 0) is 25.0 Å². The van der Waals surface area contributed by atoms with E-state index in [4.69, 9.17) is 16.3 Å². The minimum atomic E-state index is 0.656. The third-order valence-corrected chi connectivity index (χ3v) is 3.00. The van der Waals surface area contributed by atoms with Gasteiger partial charge in [-0.25, -0.2) is 0 Å². The molecule has 2 rings (SSSR count). The van der Waals surface area contributed by atoms with Gasteiger partial charge in [-0.15, -0.1) is 0 Å². The van der Waals surface area contributed by atoms with E-state index in [2.05, 4.69) is 4.90 Å². The van der Waals surface area contributed by atoms with E-state index in [9.17, 15) is 0 Å². The van der Waals surface area contributed by atoms with Crippen LogP contribution in [0, 0.1) is 0 Å². The highest BCUT2D eigenvalue weighted by atomic mass is 35.5. The summed E-state index contributed by atoms with van der Waals surface area (Å²) in [6.07, 6.45) is 3.92. The van der Waals surface area contributed by atoms with Crippen LogP contribution in [0.1, 0.15) is 19.3 Å². The molecule has 1 aromatic carbocycles. The number of nitrogens with zero attached hydrogens (tertiary/aromatic N) is 1. The lowest BCUT2D eigenvalue weighted by Gasteiger charge is -2.26. The molecule has 0 atom stereocenters. The average Bonchev–Trinajstić information content (AvgIpc) is 2.29. The predicted octanol–water partition coefficient (Wildman–Crippen LogP) is 3.16. The van der Waals surface area contributed by atoms with Gasteiger partial charge in [-0.3, -0.25) is 4.90 Å². The van der Waals surface area contributed by atoms with Gasteiger partial charge >= 0.3 is 0 Å². The van der Waals surface area contributed by atoms with E-state index in [-0.39, 0.29) is 0 Å². The number of halogens is 1. The van der Waals surface area contributed by atoms with Crippen LogP contribution >= 0.6 is 11.6 Å².